The van der Waals surface area contributed by atoms with E-state index in [-0.39, 0.29) is 17.7 Å². The number of aromatic amines is 1. The summed E-state index contributed by atoms with van der Waals surface area (Å²) >= 11 is 0. The van der Waals surface area contributed by atoms with Crippen molar-refractivity contribution in [2.75, 3.05) is 11.9 Å². The summed E-state index contributed by atoms with van der Waals surface area (Å²) in [5.41, 5.74) is 1.83. The predicted octanol–water partition coefficient (Wildman–Crippen LogP) is 2.65. The van der Waals surface area contributed by atoms with Crippen LogP contribution in [0.4, 0.5) is 5.82 Å². The van der Waals surface area contributed by atoms with E-state index in [1.165, 1.54) is 0 Å². The SMILES string of the molecule is C=C(/C=C\C=C/C)C1(c2cc(C(=O)N[C@H]3COc4cccnc4NC3=O)n[nH]2)CC1. The first-order valence-electron chi connectivity index (χ1n) is 9.78. The minimum Gasteiger partial charge on any atom is -0.487 e. The zero-order chi connectivity index (χ0) is 21.1. The van der Waals surface area contributed by atoms with Gasteiger partial charge in [0.05, 0.1) is 0 Å². The lowest BCUT2D eigenvalue weighted by Crippen LogP contribution is -2.46. The van der Waals surface area contributed by atoms with Crippen molar-refractivity contribution in [2.24, 2.45) is 0 Å². The lowest BCUT2D eigenvalue weighted by Gasteiger charge is -2.14. The van der Waals surface area contributed by atoms with Crippen molar-refractivity contribution in [1.29, 1.82) is 0 Å². The molecule has 2 amide bonds. The number of carbonyl (C=O) groups is 2. The Hall–Kier alpha value is -3.68. The first kappa shape index (κ1) is 19.6. The summed E-state index contributed by atoms with van der Waals surface area (Å²) in [5.74, 6) is -0.0463. The van der Waals surface area contributed by atoms with Gasteiger partial charge in [-0.1, -0.05) is 30.9 Å². The number of allylic oxidation sites excluding steroid dienone is 5. The molecular weight excluding hydrogens is 382 g/mol. The number of hydrogen-bond donors (Lipinski definition) is 3. The lowest BCUT2D eigenvalue weighted by molar-refractivity contribution is -0.118. The third-order valence-electron chi connectivity index (χ3n) is 5.33. The molecule has 0 bridgehead atoms. The number of aromatic nitrogens is 3. The van der Waals surface area contributed by atoms with E-state index in [0.717, 1.165) is 24.1 Å². The highest BCUT2D eigenvalue weighted by Crippen LogP contribution is 2.53. The Morgan fingerprint density at radius 3 is 3.00 bits per heavy atom. The van der Waals surface area contributed by atoms with E-state index < -0.39 is 17.9 Å². The molecule has 3 heterocycles. The third-order valence-corrected chi connectivity index (χ3v) is 5.33. The van der Waals surface area contributed by atoms with Gasteiger partial charge in [0.25, 0.3) is 11.8 Å². The molecule has 0 aromatic carbocycles. The summed E-state index contributed by atoms with van der Waals surface area (Å²) < 4.78 is 5.60. The Kier molecular flexibility index (Phi) is 5.22. The number of nitrogens with one attached hydrogen (secondary N) is 3. The van der Waals surface area contributed by atoms with Crippen LogP contribution < -0.4 is 15.4 Å². The molecule has 3 N–H and O–H groups in total. The van der Waals surface area contributed by atoms with Crippen molar-refractivity contribution in [3.05, 3.63) is 72.2 Å². The van der Waals surface area contributed by atoms with Gasteiger partial charge in [-0.3, -0.25) is 14.7 Å². The van der Waals surface area contributed by atoms with Crippen LogP contribution in [0.2, 0.25) is 0 Å². The van der Waals surface area contributed by atoms with E-state index in [0.29, 0.717) is 11.6 Å². The Bertz CT molecular complexity index is 1050. The highest BCUT2D eigenvalue weighted by molar-refractivity contribution is 6.01. The summed E-state index contributed by atoms with van der Waals surface area (Å²) in [5, 5.41) is 12.5. The second-order valence-corrected chi connectivity index (χ2v) is 7.34. The van der Waals surface area contributed by atoms with Crippen LogP contribution in [0.1, 0.15) is 35.9 Å². The second-order valence-electron chi connectivity index (χ2n) is 7.34. The van der Waals surface area contributed by atoms with E-state index in [4.69, 9.17) is 4.74 Å². The fourth-order valence-electron chi connectivity index (χ4n) is 3.41. The van der Waals surface area contributed by atoms with Gasteiger partial charge < -0.3 is 15.4 Å². The number of anilines is 1. The topological polar surface area (TPSA) is 109 Å². The van der Waals surface area contributed by atoms with E-state index in [1.807, 2.05) is 31.2 Å². The average molecular weight is 405 g/mol. The molecule has 0 saturated heterocycles. The normalized spacial score (nSPS) is 19.6. The van der Waals surface area contributed by atoms with Gasteiger partial charge in [0.15, 0.2) is 11.6 Å². The van der Waals surface area contributed by atoms with Gasteiger partial charge in [-0.15, -0.1) is 0 Å². The van der Waals surface area contributed by atoms with Crippen LogP contribution in [0.15, 0.2) is 60.9 Å². The minimum atomic E-state index is -0.861. The maximum absolute atomic E-state index is 12.7. The fourth-order valence-corrected chi connectivity index (χ4v) is 3.41. The van der Waals surface area contributed by atoms with E-state index in [2.05, 4.69) is 32.4 Å². The van der Waals surface area contributed by atoms with Crippen molar-refractivity contribution in [1.82, 2.24) is 20.5 Å². The summed E-state index contributed by atoms with van der Waals surface area (Å²) in [7, 11) is 0. The zero-order valence-electron chi connectivity index (χ0n) is 16.6. The van der Waals surface area contributed by atoms with Crippen molar-refractivity contribution < 1.29 is 14.3 Å². The molecule has 1 atom stereocenters. The number of pyridine rings is 1. The van der Waals surface area contributed by atoms with Crippen molar-refractivity contribution in [2.45, 2.75) is 31.2 Å². The van der Waals surface area contributed by atoms with Gasteiger partial charge in [0, 0.05) is 17.3 Å². The highest BCUT2D eigenvalue weighted by Gasteiger charge is 2.47. The van der Waals surface area contributed by atoms with Crippen LogP contribution in [0, 0.1) is 0 Å². The molecule has 2 aromatic rings. The number of nitrogens with zero attached hydrogens (tertiary/aromatic N) is 2. The average Bonchev–Trinajstić information content (AvgIpc) is 3.44. The summed E-state index contributed by atoms with van der Waals surface area (Å²) in [6.45, 7) is 6.14. The monoisotopic (exact) mass is 405 g/mol. The largest absolute Gasteiger partial charge is 0.487 e. The Labute approximate surface area is 174 Å². The summed E-state index contributed by atoms with van der Waals surface area (Å²) in [6, 6.07) is 4.28. The maximum Gasteiger partial charge on any atom is 0.272 e. The predicted molar refractivity (Wildman–Crippen MR) is 112 cm³/mol. The van der Waals surface area contributed by atoms with Crippen molar-refractivity contribution in [3.8, 4) is 5.75 Å². The lowest BCUT2D eigenvalue weighted by atomic mass is 9.92. The fraction of sp³-hybridized carbons (Fsp3) is 0.273. The van der Waals surface area contributed by atoms with Crippen LogP contribution in [0.5, 0.6) is 5.75 Å². The van der Waals surface area contributed by atoms with Gasteiger partial charge in [-0.05, 0) is 43.5 Å². The molecule has 2 aliphatic rings. The molecule has 1 saturated carbocycles. The van der Waals surface area contributed by atoms with E-state index >= 15 is 0 Å². The van der Waals surface area contributed by atoms with Crippen molar-refractivity contribution >= 4 is 17.6 Å². The number of amides is 2. The number of H-pyrrole nitrogens is 1. The molecule has 4 rings (SSSR count). The summed E-state index contributed by atoms with van der Waals surface area (Å²) in [4.78, 5) is 29.2. The molecule has 0 unspecified atom stereocenters. The molecule has 30 heavy (non-hydrogen) atoms. The van der Waals surface area contributed by atoms with Gasteiger partial charge >= 0.3 is 0 Å². The van der Waals surface area contributed by atoms with Crippen LogP contribution >= 0.6 is 0 Å². The number of carbonyl (C=O) groups excluding carboxylic acids is 2. The zero-order valence-corrected chi connectivity index (χ0v) is 16.6. The van der Waals surface area contributed by atoms with Gasteiger partial charge in [0.1, 0.15) is 18.3 Å². The van der Waals surface area contributed by atoms with Crippen LogP contribution in [0.3, 0.4) is 0 Å². The molecule has 2 aromatic heterocycles. The van der Waals surface area contributed by atoms with Crippen LogP contribution in [-0.2, 0) is 10.2 Å². The van der Waals surface area contributed by atoms with Gasteiger partial charge in [-0.25, -0.2) is 4.98 Å². The Morgan fingerprint density at radius 1 is 1.40 bits per heavy atom. The highest BCUT2D eigenvalue weighted by atomic mass is 16.5. The third kappa shape index (κ3) is 3.76. The molecule has 154 valence electrons. The van der Waals surface area contributed by atoms with Gasteiger partial charge in [0.2, 0.25) is 0 Å². The smallest absolute Gasteiger partial charge is 0.272 e. The van der Waals surface area contributed by atoms with Crippen LogP contribution in [0.25, 0.3) is 0 Å². The number of hydrogen-bond acceptors (Lipinski definition) is 5. The molecule has 0 spiro atoms. The number of rotatable bonds is 6. The van der Waals surface area contributed by atoms with E-state index in [1.54, 1.807) is 24.4 Å². The molecule has 0 radical (unpaired) electrons. The van der Waals surface area contributed by atoms with Crippen LogP contribution in [-0.4, -0.2) is 39.6 Å². The second kappa shape index (κ2) is 7.98. The molecule has 1 aliphatic carbocycles. The quantitative estimate of drug-likeness (QED) is 0.640. The molecule has 8 nitrogen and oxygen atoms in total. The number of fused-ring (bicyclic) bond motifs is 1. The standard InChI is InChI=1S/C22H23N5O3/c1-3-4-5-7-14(2)22(9-10-22)18-12-15(26-27-18)20(28)24-16-13-30-17-8-6-11-23-19(17)25-21(16)29/h3-8,11-12,16H,2,9-10,13H2,1H3,(H,24,28)(H,26,27)(H,23,25,29)/b4-3-,7-5-/t16-/m0/s1. The van der Waals surface area contributed by atoms with Crippen molar-refractivity contribution in [3.63, 3.8) is 0 Å². The minimum absolute atomic E-state index is 0.00400. The molecule has 8 heteroatoms. The number of ether oxygens (including phenoxy) is 1. The first-order valence-corrected chi connectivity index (χ1v) is 9.78. The molecule has 1 fully saturated rings. The van der Waals surface area contributed by atoms with E-state index in [9.17, 15) is 9.59 Å². The van der Waals surface area contributed by atoms with Gasteiger partial charge in [-0.2, -0.15) is 5.10 Å². The molecule has 1 aliphatic heterocycles. The first-order chi connectivity index (χ1) is 14.5. The summed E-state index contributed by atoms with van der Waals surface area (Å²) in [6.07, 6.45) is 11.3. The molecular formula is C22H23N5O3. The Morgan fingerprint density at radius 2 is 2.23 bits per heavy atom. The maximum atomic E-state index is 12.7. The Balaban J connectivity index is 1.44.